The molecule has 0 aromatic heterocycles. The molecule has 7 heteroatoms. The van der Waals surface area contributed by atoms with Crippen LogP contribution in [-0.2, 0) is 23.0 Å². The van der Waals surface area contributed by atoms with Gasteiger partial charge in [-0.2, -0.15) is 8.42 Å². The lowest BCUT2D eigenvalue weighted by atomic mass is 9.88. The first kappa shape index (κ1) is 15.7. The minimum Gasteiger partial charge on any atom is -0.466 e. The van der Waals surface area contributed by atoms with Crippen LogP contribution in [0.25, 0.3) is 0 Å². The third kappa shape index (κ3) is 7.03. The highest BCUT2D eigenvalue weighted by molar-refractivity contribution is 8.09. The lowest BCUT2D eigenvalue weighted by molar-refractivity contribution is -0.153. The number of halogens is 1. The Kier molecular flexibility index (Phi) is 6.28. The van der Waals surface area contributed by atoms with Gasteiger partial charge in [0.2, 0.25) is 0 Å². The van der Waals surface area contributed by atoms with E-state index in [4.69, 9.17) is 15.4 Å². The van der Waals surface area contributed by atoms with Crippen molar-refractivity contribution in [2.75, 3.05) is 13.2 Å². The van der Waals surface area contributed by atoms with E-state index >= 15 is 0 Å². The second kappa shape index (κ2) is 6.42. The molecule has 0 bridgehead atoms. The molecule has 0 radical (unpaired) electrons. The normalized spacial score (nSPS) is 12.5. The molecule has 0 N–H and O–H groups in total. The van der Waals surface area contributed by atoms with Crippen LogP contribution in [-0.4, -0.2) is 27.6 Å². The zero-order chi connectivity index (χ0) is 12.8. The largest absolute Gasteiger partial charge is 0.466 e. The molecule has 0 atom stereocenters. The van der Waals surface area contributed by atoms with E-state index in [0.717, 1.165) is 0 Å². The summed E-state index contributed by atoms with van der Waals surface area (Å²) in [5.41, 5.74) is -0.643. The van der Waals surface area contributed by atoms with Gasteiger partial charge in [0, 0.05) is 10.7 Å². The summed E-state index contributed by atoms with van der Waals surface area (Å²) in [7, 11) is 0.938. The van der Waals surface area contributed by atoms with Crippen molar-refractivity contribution in [3.05, 3.63) is 0 Å². The maximum absolute atomic E-state index is 11.4. The van der Waals surface area contributed by atoms with E-state index in [-0.39, 0.29) is 12.6 Å². The summed E-state index contributed by atoms with van der Waals surface area (Å²) in [5.74, 6) is -0.302. The number of hydrogen-bond donors (Lipinski definition) is 0. The number of carbonyl (C=O) groups excluding carboxylic acids is 1. The molecule has 0 aliphatic heterocycles. The average Bonchev–Trinajstić information content (AvgIpc) is 2.11. The van der Waals surface area contributed by atoms with Crippen LogP contribution in [0.3, 0.4) is 0 Å². The molecule has 96 valence electrons. The van der Waals surface area contributed by atoms with Crippen LogP contribution in [0.4, 0.5) is 0 Å². The van der Waals surface area contributed by atoms with Crippen LogP contribution >= 0.6 is 10.7 Å². The van der Waals surface area contributed by atoms with Gasteiger partial charge >= 0.3 is 15.3 Å². The Morgan fingerprint density at radius 1 is 1.38 bits per heavy atom. The van der Waals surface area contributed by atoms with E-state index in [1.54, 1.807) is 20.8 Å². The van der Waals surface area contributed by atoms with Gasteiger partial charge in [-0.15, -0.1) is 0 Å². The van der Waals surface area contributed by atoms with Gasteiger partial charge in [-0.05, 0) is 33.6 Å². The maximum Gasteiger partial charge on any atom is 0.355 e. The lowest BCUT2D eigenvalue weighted by Gasteiger charge is -2.21. The lowest BCUT2D eigenvalue weighted by Crippen LogP contribution is -2.27. The zero-order valence-electron chi connectivity index (χ0n) is 9.66. The van der Waals surface area contributed by atoms with Crippen molar-refractivity contribution < 1.29 is 22.1 Å². The molecule has 0 rings (SSSR count). The quantitative estimate of drug-likeness (QED) is 0.402. The van der Waals surface area contributed by atoms with Crippen molar-refractivity contribution in [1.29, 1.82) is 0 Å². The molecule has 0 heterocycles. The molecule has 0 aliphatic rings. The predicted molar refractivity (Wildman–Crippen MR) is 60.4 cm³/mol. The second-order valence-corrected chi connectivity index (χ2v) is 6.08. The number of esters is 1. The van der Waals surface area contributed by atoms with Gasteiger partial charge in [-0.3, -0.25) is 8.98 Å². The number of hydrogen-bond acceptors (Lipinski definition) is 5. The fourth-order valence-electron chi connectivity index (χ4n) is 1.10. The highest BCUT2D eigenvalue weighted by Gasteiger charge is 2.28. The summed E-state index contributed by atoms with van der Waals surface area (Å²) in [5, 5.41) is 0. The minimum absolute atomic E-state index is 0.0331. The van der Waals surface area contributed by atoms with Crippen molar-refractivity contribution in [3.8, 4) is 0 Å². The number of rotatable bonds is 7. The maximum atomic E-state index is 11.4. The fraction of sp³-hybridized carbons (Fsp3) is 0.889. The number of ether oxygens (including phenoxy) is 1. The first-order valence-corrected chi connectivity index (χ1v) is 7.18. The first-order chi connectivity index (χ1) is 7.19. The monoisotopic (exact) mass is 272 g/mol. The third-order valence-corrected chi connectivity index (χ3v) is 2.71. The van der Waals surface area contributed by atoms with Gasteiger partial charge in [0.05, 0.1) is 18.6 Å². The average molecular weight is 273 g/mol. The van der Waals surface area contributed by atoms with Gasteiger partial charge < -0.3 is 4.74 Å². The Morgan fingerprint density at radius 3 is 2.38 bits per heavy atom. The smallest absolute Gasteiger partial charge is 0.355 e. The van der Waals surface area contributed by atoms with Gasteiger partial charge in [-0.1, -0.05) is 0 Å². The zero-order valence-corrected chi connectivity index (χ0v) is 11.2. The van der Waals surface area contributed by atoms with E-state index in [0.29, 0.717) is 19.4 Å². The van der Waals surface area contributed by atoms with Crippen molar-refractivity contribution in [1.82, 2.24) is 0 Å². The molecule has 5 nitrogen and oxygen atoms in total. The predicted octanol–water partition coefficient (Wildman–Crippen LogP) is 1.86. The van der Waals surface area contributed by atoms with Crippen molar-refractivity contribution in [2.24, 2.45) is 5.41 Å². The summed E-state index contributed by atoms with van der Waals surface area (Å²) in [6.07, 6.45) is 0.885. The summed E-state index contributed by atoms with van der Waals surface area (Å²) >= 11 is 0. The molecule has 0 saturated carbocycles. The van der Waals surface area contributed by atoms with Crippen LogP contribution < -0.4 is 0 Å². The van der Waals surface area contributed by atoms with Crippen LogP contribution in [0.2, 0.25) is 0 Å². The molecule has 0 aromatic carbocycles. The van der Waals surface area contributed by atoms with Gasteiger partial charge in [0.1, 0.15) is 0 Å². The highest BCUT2D eigenvalue weighted by atomic mass is 35.7. The standard InChI is InChI=1S/C9H17ClO5S/c1-4-14-8(11)9(2,3)6-5-7-15-16(10,12)13/h4-7H2,1-3H3. The van der Waals surface area contributed by atoms with Crippen molar-refractivity contribution >= 4 is 26.0 Å². The minimum atomic E-state index is -3.92. The van der Waals surface area contributed by atoms with Crippen molar-refractivity contribution in [3.63, 3.8) is 0 Å². The third-order valence-electron chi connectivity index (χ3n) is 2.00. The van der Waals surface area contributed by atoms with E-state index in [9.17, 15) is 13.2 Å². The number of carbonyl (C=O) groups is 1. The van der Waals surface area contributed by atoms with E-state index in [1.165, 1.54) is 0 Å². The van der Waals surface area contributed by atoms with Crippen LogP contribution in [0.5, 0.6) is 0 Å². The molecule has 0 aliphatic carbocycles. The van der Waals surface area contributed by atoms with Gasteiger partial charge in [0.25, 0.3) is 0 Å². The topological polar surface area (TPSA) is 69.7 Å². The van der Waals surface area contributed by atoms with Crippen molar-refractivity contribution in [2.45, 2.75) is 33.6 Å². The van der Waals surface area contributed by atoms with E-state index in [2.05, 4.69) is 4.18 Å². The second-order valence-electron chi connectivity index (χ2n) is 3.92. The molecular formula is C9H17ClO5S. The van der Waals surface area contributed by atoms with E-state index < -0.39 is 14.7 Å². The molecule has 0 saturated heterocycles. The Bertz CT molecular complexity index is 323. The summed E-state index contributed by atoms with van der Waals surface area (Å²) in [6.45, 7) is 5.50. The Morgan fingerprint density at radius 2 is 1.94 bits per heavy atom. The molecule has 0 aromatic rings. The Labute approximate surface area is 101 Å². The molecule has 16 heavy (non-hydrogen) atoms. The molecule has 0 spiro atoms. The molecule has 0 fully saturated rings. The van der Waals surface area contributed by atoms with Crippen LogP contribution in [0, 0.1) is 5.41 Å². The SMILES string of the molecule is CCOC(=O)C(C)(C)CCCOS(=O)(=O)Cl. The van der Waals surface area contributed by atoms with E-state index in [1.807, 2.05) is 0 Å². The fourth-order valence-corrected chi connectivity index (χ4v) is 1.61. The Hall–Kier alpha value is -0.330. The first-order valence-electron chi connectivity index (χ1n) is 4.95. The molecule has 0 unspecified atom stereocenters. The van der Waals surface area contributed by atoms with Gasteiger partial charge in [-0.25, -0.2) is 0 Å². The van der Waals surface area contributed by atoms with Crippen LogP contribution in [0.15, 0.2) is 0 Å². The molecular weight excluding hydrogens is 256 g/mol. The molecule has 0 amide bonds. The summed E-state index contributed by atoms with van der Waals surface area (Å²) in [4.78, 5) is 11.4. The Balaban J connectivity index is 3.96. The summed E-state index contributed by atoms with van der Waals surface area (Å²) in [6, 6.07) is 0. The van der Waals surface area contributed by atoms with Gasteiger partial charge in [0.15, 0.2) is 0 Å². The highest BCUT2D eigenvalue weighted by Crippen LogP contribution is 2.24. The summed E-state index contributed by atoms with van der Waals surface area (Å²) < 4.78 is 30.1. The van der Waals surface area contributed by atoms with Crippen LogP contribution in [0.1, 0.15) is 33.6 Å².